The third-order valence-electron chi connectivity index (χ3n) is 6.35. The van der Waals surface area contributed by atoms with Crippen molar-refractivity contribution in [3.05, 3.63) is 33.9 Å². The van der Waals surface area contributed by atoms with Crippen LogP contribution in [0.25, 0.3) is 10.9 Å². The molecule has 1 aliphatic heterocycles. The van der Waals surface area contributed by atoms with Gasteiger partial charge in [0.2, 0.25) is 5.43 Å². The number of ether oxygens (including phenoxy) is 1. The summed E-state index contributed by atoms with van der Waals surface area (Å²) in [5, 5.41) is 12.9. The van der Waals surface area contributed by atoms with Gasteiger partial charge in [-0.3, -0.25) is 4.79 Å². The first-order valence-electron chi connectivity index (χ1n) is 10.5. The normalized spacial score (nSPS) is 20.0. The molecule has 1 aromatic heterocycles. The lowest BCUT2D eigenvalue weighted by atomic mass is 10.0. The van der Waals surface area contributed by atoms with Crippen LogP contribution in [-0.2, 0) is 0 Å². The fourth-order valence-corrected chi connectivity index (χ4v) is 4.61. The number of benzene rings is 1. The summed E-state index contributed by atoms with van der Waals surface area (Å²) in [6.45, 7) is 6.47. The van der Waals surface area contributed by atoms with Crippen molar-refractivity contribution in [1.29, 1.82) is 0 Å². The number of carbonyl (C=O) groups is 1. The van der Waals surface area contributed by atoms with Gasteiger partial charge in [-0.15, -0.1) is 0 Å². The van der Waals surface area contributed by atoms with Crippen LogP contribution < -0.4 is 20.4 Å². The van der Waals surface area contributed by atoms with E-state index in [1.54, 1.807) is 4.57 Å². The zero-order chi connectivity index (χ0) is 21.6. The Balaban J connectivity index is 1.87. The first-order valence-corrected chi connectivity index (χ1v) is 10.5. The minimum atomic E-state index is -1.31. The fraction of sp³-hybridized carbons (Fsp3) is 0.545. The van der Waals surface area contributed by atoms with E-state index in [0.717, 1.165) is 25.8 Å². The van der Waals surface area contributed by atoms with E-state index in [9.17, 15) is 14.7 Å². The molecule has 4 rings (SSSR count). The van der Waals surface area contributed by atoms with Crippen LogP contribution in [0, 0.1) is 11.7 Å². The standard InChI is InChI=1S/C22H28FN3O4/c1-4-24-12(2)13-7-8-25(10-13)19-17(23)9-15-18(21(19)30-3)26(14-5-6-14)11-16(20(15)27)22(28)29/h9,11-14,24H,4-8,10H2,1-3H3,(H,28,29)/t12-,13-/m0/s1. The van der Waals surface area contributed by atoms with E-state index in [4.69, 9.17) is 4.74 Å². The molecular weight excluding hydrogens is 389 g/mol. The van der Waals surface area contributed by atoms with Crippen molar-refractivity contribution in [3.63, 3.8) is 0 Å². The highest BCUT2D eigenvalue weighted by Gasteiger charge is 2.34. The third kappa shape index (κ3) is 3.43. The molecular formula is C22H28FN3O4. The number of aromatic nitrogens is 1. The summed E-state index contributed by atoms with van der Waals surface area (Å²) in [6, 6.07) is 1.60. The Labute approximate surface area is 174 Å². The number of hydrogen-bond donors (Lipinski definition) is 2. The number of rotatable bonds is 7. The molecule has 2 aromatic rings. The highest BCUT2D eigenvalue weighted by Crippen LogP contribution is 2.44. The molecule has 2 fully saturated rings. The molecule has 0 radical (unpaired) electrons. The quantitative estimate of drug-likeness (QED) is 0.721. The number of hydrogen-bond acceptors (Lipinski definition) is 5. The van der Waals surface area contributed by atoms with E-state index >= 15 is 4.39 Å². The maximum absolute atomic E-state index is 15.3. The Kier molecular flexibility index (Phi) is 5.44. The predicted octanol–water partition coefficient (Wildman–Crippen LogP) is 3.01. The molecule has 1 saturated heterocycles. The Hall–Kier alpha value is -2.61. The number of anilines is 1. The SMILES string of the molecule is CCN[C@@H](C)[C@H]1CCN(c2c(F)cc3c(=O)c(C(=O)O)cn(C4CC4)c3c2OC)C1. The first kappa shape index (κ1) is 20.7. The summed E-state index contributed by atoms with van der Waals surface area (Å²) in [7, 11) is 1.47. The van der Waals surface area contributed by atoms with E-state index in [0.29, 0.717) is 42.0 Å². The van der Waals surface area contributed by atoms with Gasteiger partial charge in [0.25, 0.3) is 0 Å². The van der Waals surface area contributed by atoms with E-state index < -0.39 is 17.2 Å². The zero-order valence-electron chi connectivity index (χ0n) is 17.6. The molecule has 0 bridgehead atoms. The molecule has 0 spiro atoms. The van der Waals surface area contributed by atoms with Gasteiger partial charge in [-0.25, -0.2) is 9.18 Å². The number of carboxylic acid groups (broad SMARTS) is 1. The Bertz CT molecular complexity index is 1050. The second-order valence-corrected chi connectivity index (χ2v) is 8.29. The number of aromatic carboxylic acids is 1. The van der Waals surface area contributed by atoms with Gasteiger partial charge in [0.05, 0.1) is 18.0 Å². The molecule has 8 heteroatoms. The van der Waals surface area contributed by atoms with E-state index in [1.807, 2.05) is 4.90 Å². The zero-order valence-corrected chi connectivity index (χ0v) is 17.6. The van der Waals surface area contributed by atoms with Crippen molar-refractivity contribution >= 4 is 22.6 Å². The molecule has 2 atom stereocenters. The van der Waals surface area contributed by atoms with Crippen LogP contribution in [0.15, 0.2) is 17.1 Å². The summed E-state index contributed by atoms with van der Waals surface area (Å²) >= 11 is 0. The lowest BCUT2D eigenvalue weighted by molar-refractivity contribution is 0.0695. The minimum Gasteiger partial charge on any atom is -0.492 e. The molecule has 1 aliphatic carbocycles. The van der Waals surface area contributed by atoms with Gasteiger partial charge >= 0.3 is 5.97 Å². The van der Waals surface area contributed by atoms with Crippen LogP contribution in [0.1, 0.15) is 49.5 Å². The van der Waals surface area contributed by atoms with Crippen LogP contribution >= 0.6 is 0 Å². The first-order chi connectivity index (χ1) is 14.4. The number of pyridine rings is 1. The van der Waals surface area contributed by atoms with Gasteiger partial charge in [0, 0.05) is 31.4 Å². The Morgan fingerprint density at radius 2 is 2.13 bits per heavy atom. The molecule has 7 nitrogen and oxygen atoms in total. The summed E-state index contributed by atoms with van der Waals surface area (Å²) in [6.07, 6.45) is 4.09. The summed E-state index contributed by atoms with van der Waals surface area (Å²) in [5.74, 6) is -1.18. The minimum absolute atomic E-state index is 0.0525. The number of carboxylic acids is 1. The van der Waals surface area contributed by atoms with Gasteiger partial charge in [-0.1, -0.05) is 6.92 Å². The van der Waals surface area contributed by atoms with Crippen molar-refractivity contribution in [2.45, 2.75) is 45.2 Å². The molecule has 2 aliphatic rings. The number of methoxy groups -OCH3 is 1. The highest BCUT2D eigenvalue weighted by atomic mass is 19.1. The topological polar surface area (TPSA) is 83.8 Å². The number of fused-ring (bicyclic) bond motifs is 1. The molecule has 0 amide bonds. The van der Waals surface area contributed by atoms with Crippen molar-refractivity contribution < 1.29 is 19.0 Å². The third-order valence-corrected chi connectivity index (χ3v) is 6.35. The van der Waals surface area contributed by atoms with Crippen molar-refractivity contribution in [3.8, 4) is 5.75 Å². The van der Waals surface area contributed by atoms with Crippen LogP contribution in [0.4, 0.5) is 10.1 Å². The van der Waals surface area contributed by atoms with Gasteiger partial charge in [0.15, 0.2) is 11.6 Å². The Morgan fingerprint density at radius 1 is 1.40 bits per heavy atom. The van der Waals surface area contributed by atoms with E-state index in [1.165, 1.54) is 19.4 Å². The molecule has 162 valence electrons. The maximum atomic E-state index is 15.3. The van der Waals surface area contributed by atoms with Crippen LogP contribution in [0.2, 0.25) is 0 Å². The average molecular weight is 417 g/mol. The number of halogens is 1. The predicted molar refractivity (Wildman–Crippen MR) is 113 cm³/mol. The monoisotopic (exact) mass is 417 g/mol. The van der Waals surface area contributed by atoms with Crippen molar-refractivity contribution in [1.82, 2.24) is 9.88 Å². The molecule has 2 N–H and O–H groups in total. The van der Waals surface area contributed by atoms with Crippen LogP contribution in [-0.4, -0.2) is 48.4 Å². The van der Waals surface area contributed by atoms with Gasteiger partial charge in [-0.05, 0) is 44.7 Å². The van der Waals surface area contributed by atoms with Crippen LogP contribution in [0.5, 0.6) is 5.75 Å². The second-order valence-electron chi connectivity index (χ2n) is 8.29. The number of nitrogens with one attached hydrogen (secondary N) is 1. The largest absolute Gasteiger partial charge is 0.492 e. The van der Waals surface area contributed by atoms with Gasteiger partial charge in [-0.2, -0.15) is 0 Å². The molecule has 2 heterocycles. The van der Waals surface area contributed by atoms with Crippen molar-refractivity contribution in [2.24, 2.45) is 5.92 Å². The summed E-state index contributed by atoms with van der Waals surface area (Å²) in [4.78, 5) is 26.4. The van der Waals surface area contributed by atoms with Crippen LogP contribution in [0.3, 0.4) is 0 Å². The van der Waals surface area contributed by atoms with Crippen molar-refractivity contribution in [2.75, 3.05) is 31.6 Å². The van der Waals surface area contributed by atoms with Gasteiger partial charge in [0.1, 0.15) is 11.3 Å². The summed E-state index contributed by atoms with van der Waals surface area (Å²) < 4.78 is 22.8. The Morgan fingerprint density at radius 3 is 2.73 bits per heavy atom. The lowest BCUT2D eigenvalue weighted by Gasteiger charge is -2.26. The molecule has 30 heavy (non-hydrogen) atoms. The summed E-state index contributed by atoms with van der Waals surface area (Å²) in [5.41, 5.74) is -0.190. The highest BCUT2D eigenvalue weighted by molar-refractivity contribution is 5.97. The average Bonchev–Trinajstić information content (AvgIpc) is 3.44. The molecule has 1 aromatic carbocycles. The molecule has 1 saturated carbocycles. The smallest absolute Gasteiger partial charge is 0.341 e. The maximum Gasteiger partial charge on any atom is 0.341 e. The fourth-order valence-electron chi connectivity index (χ4n) is 4.61. The lowest BCUT2D eigenvalue weighted by Crippen LogP contribution is -2.35. The second kappa shape index (κ2) is 7.91. The van der Waals surface area contributed by atoms with Gasteiger partial charge < -0.3 is 24.6 Å². The number of nitrogens with zero attached hydrogens (tertiary/aromatic N) is 2. The van der Waals surface area contributed by atoms with E-state index in [-0.39, 0.29) is 17.0 Å². The van der Waals surface area contributed by atoms with E-state index in [2.05, 4.69) is 19.2 Å². The molecule has 0 unspecified atom stereocenters.